The first-order valence-electron chi connectivity index (χ1n) is 9.46. The fraction of sp³-hybridized carbons (Fsp3) is 0.421. The predicted molar refractivity (Wildman–Crippen MR) is 112 cm³/mol. The SMILES string of the molecule is CC[NH+](CC)CCNc1nc2c(c(=O)[nH]c(=O)n2C)n1Cc1ccc(Cl)cc1. The zero-order valence-electron chi connectivity index (χ0n) is 16.4. The Labute approximate surface area is 167 Å². The number of quaternary nitrogens is 1. The minimum atomic E-state index is -0.479. The normalized spacial score (nSPS) is 11.5. The maximum absolute atomic E-state index is 12.5. The van der Waals surface area contributed by atoms with Crippen LogP contribution in [0.15, 0.2) is 33.9 Å². The smallest absolute Gasteiger partial charge is 0.329 e. The van der Waals surface area contributed by atoms with Crippen LogP contribution >= 0.6 is 11.6 Å². The highest BCUT2D eigenvalue weighted by molar-refractivity contribution is 6.30. The van der Waals surface area contributed by atoms with Gasteiger partial charge in [0.05, 0.1) is 32.7 Å². The van der Waals surface area contributed by atoms with Gasteiger partial charge in [-0.1, -0.05) is 23.7 Å². The molecule has 0 spiro atoms. The second kappa shape index (κ2) is 8.62. The van der Waals surface area contributed by atoms with E-state index in [0.29, 0.717) is 35.2 Å². The summed E-state index contributed by atoms with van der Waals surface area (Å²) in [6.07, 6.45) is 0. The second-order valence-corrected chi connectivity index (χ2v) is 7.21. The first kappa shape index (κ1) is 20.2. The quantitative estimate of drug-likeness (QED) is 0.508. The van der Waals surface area contributed by atoms with E-state index in [4.69, 9.17) is 11.6 Å². The first-order valence-corrected chi connectivity index (χ1v) is 9.83. The standard InChI is InChI=1S/C19H25ClN6O2/c1-4-25(5-2)11-10-21-18-22-16-15(17(27)23-19(28)24(16)3)26(18)12-13-6-8-14(20)9-7-13/h6-9H,4-5,10-12H2,1-3H3,(H,21,22)(H,23,27,28)/p+1. The van der Waals surface area contributed by atoms with Crippen molar-refractivity contribution in [3.63, 3.8) is 0 Å². The minimum Gasteiger partial charge on any atom is -0.350 e. The molecule has 0 aliphatic rings. The first-order chi connectivity index (χ1) is 13.4. The minimum absolute atomic E-state index is 0.361. The van der Waals surface area contributed by atoms with Gasteiger partial charge in [0.2, 0.25) is 5.95 Å². The molecule has 3 N–H and O–H groups in total. The third-order valence-electron chi connectivity index (χ3n) is 5.02. The summed E-state index contributed by atoms with van der Waals surface area (Å²) >= 11 is 5.98. The summed E-state index contributed by atoms with van der Waals surface area (Å²) in [5.41, 5.74) is 0.791. The van der Waals surface area contributed by atoms with E-state index in [1.54, 1.807) is 7.05 Å². The Kier molecular flexibility index (Phi) is 6.21. The van der Waals surface area contributed by atoms with Crippen molar-refractivity contribution in [2.45, 2.75) is 20.4 Å². The molecule has 3 aromatic rings. The van der Waals surface area contributed by atoms with E-state index in [2.05, 4.69) is 29.1 Å². The van der Waals surface area contributed by atoms with E-state index in [-0.39, 0.29) is 0 Å². The van der Waals surface area contributed by atoms with Crippen LogP contribution in [-0.4, -0.2) is 45.3 Å². The van der Waals surface area contributed by atoms with Gasteiger partial charge in [0.25, 0.3) is 5.56 Å². The Balaban J connectivity index is 2.01. The van der Waals surface area contributed by atoms with Crippen molar-refractivity contribution in [1.29, 1.82) is 0 Å². The molecule has 0 radical (unpaired) electrons. The number of aromatic amines is 1. The lowest BCUT2D eigenvalue weighted by Crippen LogP contribution is -3.12. The summed E-state index contributed by atoms with van der Waals surface area (Å²) in [6.45, 7) is 8.50. The summed E-state index contributed by atoms with van der Waals surface area (Å²) < 4.78 is 3.17. The maximum atomic E-state index is 12.5. The largest absolute Gasteiger partial charge is 0.350 e. The highest BCUT2D eigenvalue weighted by Crippen LogP contribution is 2.18. The van der Waals surface area contributed by atoms with Gasteiger partial charge in [-0.25, -0.2) is 4.79 Å². The molecular weight excluding hydrogens is 380 g/mol. The van der Waals surface area contributed by atoms with Crippen molar-refractivity contribution in [3.05, 3.63) is 55.7 Å². The van der Waals surface area contributed by atoms with Gasteiger partial charge in [-0.2, -0.15) is 4.98 Å². The van der Waals surface area contributed by atoms with Gasteiger partial charge < -0.3 is 10.2 Å². The Bertz CT molecular complexity index is 1060. The summed E-state index contributed by atoms with van der Waals surface area (Å²) in [4.78, 5) is 32.9. The molecule has 0 amide bonds. The highest BCUT2D eigenvalue weighted by Gasteiger charge is 2.18. The van der Waals surface area contributed by atoms with Crippen LogP contribution in [0.5, 0.6) is 0 Å². The number of aromatic nitrogens is 4. The van der Waals surface area contributed by atoms with Gasteiger partial charge >= 0.3 is 5.69 Å². The van der Waals surface area contributed by atoms with Crippen LogP contribution in [0.3, 0.4) is 0 Å². The molecule has 9 heteroatoms. The third kappa shape index (κ3) is 4.13. The van der Waals surface area contributed by atoms with E-state index < -0.39 is 11.2 Å². The van der Waals surface area contributed by atoms with Gasteiger partial charge in [-0.15, -0.1) is 0 Å². The number of anilines is 1. The average molecular weight is 406 g/mol. The summed E-state index contributed by atoms with van der Waals surface area (Å²) in [5.74, 6) is 0.572. The number of likely N-dealkylation sites (N-methyl/N-ethyl adjacent to an activating group) is 1. The number of benzene rings is 1. The number of imidazole rings is 1. The van der Waals surface area contributed by atoms with E-state index in [1.807, 2.05) is 28.8 Å². The van der Waals surface area contributed by atoms with E-state index in [1.165, 1.54) is 9.47 Å². The lowest BCUT2D eigenvalue weighted by atomic mass is 10.2. The molecule has 0 aliphatic heterocycles. The molecule has 3 rings (SSSR count). The van der Waals surface area contributed by atoms with Crippen LogP contribution in [0.4, 0.5) is 5.95 Å². The number of hydrogen-bond donors (Lipinski definition) is 3. The fourth-order valence-electron chi connectivity index (χ4n) is 3.25. The van der Waals surface area contributed by atoms with Gasteiger partial charge in [0.1, 0.15) is 0 Å². The molecule has 0 saturated carbocycles. The van der Waals surface area contributed by atoms with Gasteiger partial charge in [-0.3, -0.25) is 18.9 Å². The Morgan fingerprint density at radius 1 is 1.18 bits per heavy atom. The number of nitrogens with one attached hydrogen (secondary N) is 3. The predicted octanol–water partition coefficient (Wildman–Crippen LogP) is 0.462. The Morgan fingerprint density at radius 3 is 2.50 bits per heavy atom. The Morgan fingerprint density at radius 2 is 1.86 bits per heavy atom. The van der Waals surface area contributed by atoms with Crippen LogP contribution in [0.25, 0.3) is 11.2 Å². The molecule has 8 nitrogen and oxygen atoms in total. The fourth-order valence-corrected chi connectivity index (χ4v) is 3.38. The molecule has 0 aliphatic carbocycles. The monoisotopic (exact) mass is 405 g/mol. The number of rotatable bonds is 8. The van der Waals surface area contributed by atoms with E-state index >= 15 is 0 Å². The summed E-state index contributed by atoms with van der Waals surface area (Å²) in [6, 6.07) is 7.45. The molecule has 1 aromatic carbocycles. The van der Waals surface area contributed by atoms with Crippen molar-refractivity contribution in [1.82, 2.24) is 19.1 Å². The molecule has 0 bridgehead atoms. The van der Waals surface area contributed by atoms with Crippen LogP contribution in [0, 0.1) is 0 Å². The lowest BCUT2D eigenvalue weighted by Gasteiger charge is -2.16. The summed E-state index contributed by atoms with van der Waals surface area (Å²) in [5, 5.41) is 4.00. The highest BCUT2D eigenvalue weighted by atomic mass is 35.5. The van der Waals surface area contributed by atoms with Crippen LogP contribution < -0.4 is 21.5 Å². The molecular formula is C19H26ClN6O2+. The van der Waals surface area contributed by atoms with E-state index in [0.717, 1.165) is 25.2 Å². The molecule has 2 heterocycles. The van der Waals surface area contributed by atoms with Crippen molar-refractivity contribution >= 4 is 28.7 Å². The topological polar surface area (TPSA) is 89.2 Å². The zero-order valence-corrected chi connectivity index (χ0v) is 17.1. The number of halogens is 1. The average Bonchev–Trinajstić information content (AvgIpc) is 3.04. The molecule has 0 fully saturated rings. The van der Waals surface area contributed by atoms with Crippen molar-refractivity contribution in [2.75, 3.05) is 31.5 Å². The van der Waals surface area contributed by atoms with Crippen molar-refractivity contribution < 1.29 is 4.90 Å². The van der Waals surface area contributed by atoms with Crippen LogP contribution in [-0.2, 0) is 13.6 Å². The third-order valence-corrected chi connectivity index (χ3v) is 5.27. The number of nitrogens with zero attached hydrogens (tertiary/aromatic N) is 3. The van der Waals surface area contributed by atoms with Crippen LogP contribution in [0.2, 0.25) is 5.02 Å². The number of fused-ring (bicyclic) bond motifs is 1. The molecule has 0 unspecified atom stereocenters. The van der Waals surface area contributed by atoms with Gasteiger partial charge in [0, 0.05) is 12.1 Å². The van der Waals surface area contributed by atoms with Crippen molar-refractivity contribution in [3.8, 4) is 0 Å². The van der Waals surface area contributed by atoms with Crippen molar-refractivity contribution in [2.24, 2.45) is 7.05 Å². The second-order valence-electron chi connectivity index (χ2n) is 6.77. The molecule has 2 aromatic heterocycles. The van der Waals surface area contributed by atoms with Gasteiger partial charge in [-0.05, 0) is 31.5 Å². The molecule has 150 valence electrons. The number of hydrogen-bond acceptors (Lipinski definition) is 4. The lowest BCUT2D eigenvalue weighted by molar-refractivity contribution is -0.894. The number of H-pyrrole nitrogens is 1. The zero-order chi connectivity index (χ0) is 20.3. The van der Waals surface area contributed by atoms with Crippen LogP contribution in [0.1, 0.15) is 19.4 Å². The molecule has 0 saturated heterocycles. The molecule has 0 atom stereocenters. The number of aryl methyl sites for hydroxylation is 1. The molecule has 28 heavy (non-hydrogen) atoms. The maximum Gasteiger partial charge on any atom is 0.329 e. The Hall–Kier alpha value is -2.58. The van der Waals surface area contributed by atoms with Gasteiger partial charge in [0.15, 0.2) is 11.2 Å². The van der Waals surface area contributed by atoms with E-state index in [9.17, 15) is 9.59 Å². The summed E-state index contributed by atoms with van der Waals surface area (Å²) in [7, 11) is 1.60.